The highest BCUT2D eigenvalue weighted by Gasteiger charge is 2.70. The fourth-order valence-corrected chi connectivity index (χ4v) is 10.9. The van der Waals surface area contributed by atoms with Crippen molar-refractivity contribution >= 4 is 52.6 Å². The lowest BCUT2D eigenvalue weighted by Gasteiger charge is -2.50. The van der Waals surface area contributed by atoms with Gasteiger partial charge >= 0.3 is 6.18 Å². The molecule has 2 aliphatic carbocycles. The van der Waals surface area contributed by atoms with Crippen LogP contribution in [0.25, 0.3) is 0 Å². The minimum absolute atomic E-state index is 0.0164. The molecule has 0 bridgehead atoms. The molecule has 6 atom stereocenters. The van der Waals surface area contributed by atoms with E-state index in [1.165, 1.54) is 16.5 Å². The topological polar surface area (TPSA) is 123 Å². The number of aromatic hydroxyl groups is 1. The molecule has 0 spiro atoms. The van der Waals surface area contributed by atoms with E-state index in [0.29, 0.717) is 59.9 Å². The molecule has 4 amide bonds. The van der Waals surface area contributed by atoms with E-state index in [-0.39, 0.29) is 42.3 Å². The summed E-state index contributed by atoms with van der Waals surface area (Å²) in [6.45, 7) is 3.91. The Kier molecular flexibility index (Phi) is 10.1. The summed E-state index contributed by atoms with van der Waals surface area (Å²) in [5.74, 6) is -6.35. The molecule has 3 aliphatic heterocycles. The Morgan fingerprint density at radius 2 is 1.62 bits per heavy atom. The fourth-order valence-electron chi connectivity index (χ4n) is 10.6. The normalized spacial score (nSPS) is 27.2. The number of imide groups is 2. The van der Waals surface area contributed by atoms with Crippen molar-refractivity contribution in [3.63, 3.8) is 0 Å². The van der Waals surface area contributed by atoms with Crippen LogP contribution in [0, 0.1) is 30.6 Å². The molecule has 0 unspecified atom stereocenters. The number of aromatic nitrogens is 1. The minimum atomic E-state index is -4.74. The lowest BCUT2D eigenvalue weighted by molar-refractivity contribution is -0.144. The van der Waals surface area contributed by atoms with Crippen LogP contribution in [0.2, 0.25) is 10.0 Å². The molecule has 60 heavy (non-hydrogen) atoms. The number of fused-ring (bicyclic) bond motifs is 4. The first-order valence-electron chi connectivity index (χ1n) is 19.9. The summed E-state index contributed by atoms with van der Waals surface area (Å²) in [7, 11) is 0. The number of carbonyl (C=O) groups excluding carboxylic acids is 4. The van der Waals surface area contributed by atoms with Crippen molar-refractivity contribution in [3.8, 4) is 5.75 Å². The summed E-state index contributed by atoms with van der Waals surface area (Å²) in [6, 6.07) is 22.0. The number of amides is 4. The van der Waals surface area contributed by atoms with Gasteiger partial charge in [0.25, 0.3) is 11.8 Å². The van der Waals surface area contributed by atoms with Gasteiger partial charge in [-0.3, -0.25) is 34.4 Å². The van der Waals surface area contributed by atoms with E-state index in [2.05, 4.69) is 27.4 Å². The number of pyridine rings is 1. The zero-order valence-corrected chi connectivity index (χ0v) is 33.8. The molecule has 1 aromatic heterocycles. The molecule has 3 saturated heterocycles. The number of hydrogen-bond donors (Lipinski definition) is 2. The molecule has 310 valence electrons. The molecular formula is C45H40Cl2F3N5O5. The number of piperidine rings is 1. The maximum Gasteiger partial charge on any atom is 0.417 e. The molecule has 2 N–H and O–H groups in total. The van der Waals surface area contributed by atoms with Crippen LogP contribution in [0.15, 0.2) is 96.7 Å². The molecule has 5 aliphatic rings. The molecule has 0 radical (unpaired) electrons. The number of nitrogens with zero attached hydrogens (tertiary/aromatic N) is 4. The van der Waals surface area contributed by atoms with Crippen molar-refractivity contribution in [1.29, 1.82) is 0 Å². The number of allylic oxidation sites excluding steroid dienone is 2. The van der Waals surface area contributed by atoms with E-state index in [1.807, 2.05) is 24.3 Å². The van der Waals surface area contributed by atoms with Gasteiger partial charge in [0, 0.05) is 42.8 Å². The van der Waals surface area contributed by atoms with Crippen LogP contribution >= 0.6 is 23.2 Å². The number of hydrogen-bond acceptors (Lipinski definition) is 8. The minimum Gasteiger partial charge on any atom is -0.508 e. The second-order valence-electron chi connectivity index (χ2n) is 16.5. The molecule has 4 fully saturated rings. The average molecular weight is 859 g/mol. The maximum absolute atomic E-state index is 15.4. The van der Waals surface area contributed by atoms with Crippen molar-refractivity contribution in [1.82, 2.24) is 19.8 Å². The number of phenolic OH excluding ortho intramolecular Hbond substituents is 1. The van der Waals surface area contributed by atoms with E-state index in [4.69, 9.17) is 23.2 Å². The Hall–Kier alpha value is -5.24. The quantitative estimate of drug-likeness (QED) is 0.141. The predicted octanol–water partition coefficient (Wildman–Crippen LogP) is 8.07. The van der Waals surface area contributed by atoms with Crippen LogP contribution in [0.1, 0.15) is 59.4 Å². The molecule has 1 saturated carbocycles. The second-order valence-corrected chi connectivity index (χ2v) is 17.3. The van der Waals surface area contributed by atoms with Gasteiger partial charge in [-0.05, 0) is 85.0 Å². The van der Waals surface area contributed by atoms with E-state index >= 15 is 4.79 Å². The van der Waals surface area contributed by atoms with Gasteiger partial charge in [-0.1, -0.05) is 89.4 Å². The summed E-state index contributed by atoms with van der Waals surface area (Å²) in [5, 5.41) is 11.3. The third-order valence-electron chi connectivity index (χ3n) is 13.3. The van der Waals surface area contributed by atoms with E-state index in [0.717, 1.165) is 17.1 Å². The van der Waals surface area contributed by atoms with Crippen molar-refractivity contribution in [2.75, 3.05) is 18.5 Å². The molecule has 4 heterocycles. The fraction of sp³-hybridized carbons (Fsp3) is 0.356. The van der Waals surface area contributed by atoms with Gasteiger partial charge in [0.1, 0.15) is 5.75 Å². The van der Waals surface area contributed by atoms with Crippen molar-refractivity contribution in [2.24, 2.45) is 23.7 Å². The van der Waals surface area contributed by atoms with Crippen LogP contribution in [-0.4, -0.2) is 67.7 Å². The van der Waals surface area contributed by atoms with Gasteiger partial charge in [-0.2, -0.15) is 18.2 Å². The number of rotatable bonds is 7. The summed E-state index contributed by atoms with van der Waals surface area (Å²) >= 11 is 12.7. The maximum atomic E-state index is 15.4. The standard InChI is InChI=1S/C45H40Cl2F3N5O5/c1-24-19-26(7-14-36(24)56)38-31-12-13-32-37(42(59)54(40(32)57)30-15-17-53(18-16-30)23-25-5-3-2-4-6-25)33(31)21-34-41(58)55(43(60)44(34,38)27-8-10-29(46)11-9-27)52-39-35(47)20-28(22-51-39)45(48,49)50/h2-12,14,19-20,22,30,32-34,37-38,56H,13,15-18,21,23H2,1H3,(H,51,52)/t32-,33+,34-,37-,38-,44+/m0/s1. The van der Waals surface area contributed by atoms with Gasteiger partial charge in [-0.15, -0.1) is 0 Å². The number of aryl methyl sites for hydroxylation is 1. The lowest BCUT2D eigenvalue weighted by Crippen LogP contribution is -2.53. The SMILES string of the molecule is Cc1cc([C@H]2C3=CC[C@@H]4C(=O)N(C5CCN(Cc6ccccc6)CC5)C(=O)[C@@H]4[C@@H]3C[C@H]3C(=O)N(Nc4ncc(C(F)(F)F)cc4Cl)C(=O)[C@@]23c2ccc(Cl)cc2)ccc1O. The molecule has 15 heteroatoms. The number of hydrazine groups is 1. The second kappa shape index (κ2) is 15.0. The Labute approximate surface area is 353 Å². The summed E-state index contributed by atoms with van der Waals surface area (Å²) in [6.07, 6.45) is -0.720. The zero-order valence-electron chi connectivity index (χ0n) is 32.3. The monoisotopic (exact) mass is 857 g/mol. The zero-order chi connectivity index (χ0) is 42.2. The highest BCUT2D eigenvalue weighted by atomic mass is 35.5. The average Bonchev–Trinajstić information content (AvgIpc) is 3.60. The van der Waals surface area contributed by atoms with Crippen LogP contribution < -0.4 is 5.43 Å². The summed E-state index contributed by atoms with van der Waals surface area (Å²) in [5.41, 5.74) is 3.33. The van der Waals surface area contributed by atoms with E-state index < -0.39 is 63.6 Å². The predicted molar refractivity (Wildman–Crippen MR) is 216 cm³/mol. The van der Waals surface area contributed by atoms with Gasteiger partial charge in [0.15, 0.2) is 5.82 Å². The number of anilines is 1. The van der Waals surface area contributed by atoms with E-state index in [9.17, 15) is 32.7 Å². The van der Waals surface area contributed by atoms with Crippen molar-refractivity contribution in [2.45, 2.75) is 62.7 Å². The summed E-state index contributed by atoms with van der Waals surface area (Å²) < 4.78 is 40.6. The largest absolute Gasteiger partial charge is 0.508 e. The number of likely N-dealkylation sites (tertiary alicyclic amines) is 2. The number of nitrogens with one attached hydrogen (secondary N) is 1. The van der Waals surface area contributed by atoms with E-state index in [1.54, 1.807) is 43.3 Å². The molecular weight excluding hydrogens is 818 g/mol. The highest BCUT2D eigenvalue weighted by molar-refractivity contribution is 6.33. The van der Waals surface area contributed by atoms with Crippen LogP contribution in [-0.2, 0) is 37.3 Å². The number of phenols is 1. The molecule has 10 nitrogen and oxygen atoms in total. The molecule has 9 rings (SSSR count). The Balaban J connectivity index is 1.11. The van der Waals surface area contributed by atoms with Gasteiger partial charge < -0.3 is 5.11 Å². The van der Waals surface area contributed by atoms with Crippen LogP contribution in [0.5, 0.6) is 5.75 Å². The Bertz CT molecular complexity index is 2440. The lowest BCUT2D eigenvalue weighted by atomic mass is 9.49. The molecule has 3 aromatic carbocycles. The summed E-state index contributed by atoms with van der Waals surface area (Å²) in [4.78, 5) is 67.2. The van der Waals surface area contributed by atoms with Crippen molar-refractivity contribution in [3.05, 3.63) is 135 Å². The Morgan fingerprint density at radius 1 is 0.900 bits per heavy atom. The van der Waals surface area contributed by atoms with Crippen molar-refractivity contribution < 1.29 is 37.5 Å². The third-order valence-corrected chi connectivity index (χ3v) is 13.9. The van der Waals surface area contributed by atoms with Gasteiger partial charge in [0.2, 0.25) is 11.8 Å². The van der Waals surface area contributed by atoms with Crippen LogP contribution in [0.3, 0.4) is 0 Å². The first-order valence-corrected chi connectivity index (χ1v) is 20.7. The van der Waals surface area contributed by atoms with Gasteiger partial charge in [-0.25, -0.2) is 4.98 Å². The first kappa shape index (κ1) is 40.2. The molecule has 4 aromatic rings. The Morgan fingerprint density at radius 3 is 2.28 bits per heavy atom. The number of benzene rings is 3. The third kappa shape index (κ3) is 6.47. The smallest absolute Gasteiger partial charge is 0.417 e. The number of halogens is 5. The number of carbonyl (C=O) groups is 4. The first-order chi connectivity index (χ1) is 28.7. The number of alkyl halides is 3. The van der Waals surface area contributed by atoms with Crippen LogP contribution in [0.4, 0.5) is 19.0 Å². The van der Waals surface area contributed by atoms with Gasteiger partial charge in [0.05, 0.1) is 33.8 Å². The highest BCUT2D eigenvalue weighted by Crippen LogP contribution is 2.64.